The maximum atomic E-state index is 13.8. The summed E-state index contributed by atoms with van der Waals surface area (Å²) >= 11 is 1.46. The molecule has 0 aliphatic heterocycles. The van der Waals surface area contributed by atoms with Crippen molar-refractivity contribution in [3.8, 4) is 22.8 Å². The van der Waals surface area contributed by atoms with Crippen LogP contribution in [-0.4, -0.2) is 38.0 Å². The molecule has 166 valence electrons. The summed E-state index contributed by atoms with van der Waals surface area (Å²) in [6.07, 6.45) is 0. The van der Waals surface area contributed by atoms with Crippen LogP contribution in [0.1, 0.15) is 25.3 Å². The third-order valence-corrected chi connectivity index (χ3v) is 6.32. The van der Waals surface area contributed by atoms with E-state index in [2.05, 4.69) is 63.4 Å². The lowest BCUT2D eigenvalue weighted by atomic mass is 10.1. The van der Waals surface area contributed by atoms with Gasteiger partial charge in [-0.05, 0) is 56.7 Å². The van der Waals surface area contributed by atoms with Crippen LogP contribution in [-0.2, 0) is 12.8 Å². The van der Waals surface area contributed by atoms with Crippen LogP contribution in [0.15, 0.2) is 52.1 Å². The lowest BCUT2D eigenvalue weighted by Crippen LogP contribution is -2.21. The summed E-state index contributed by atoms with van der Waals surface area (Å²) in [5.74, 6) is 1.75. The molecule has 0 spiro atoms. The number of thioether (sulfide) groups is 1. The average Bonchev–Trinajstić information content (AvgIpc) is 3.42. The van der Waals surface area contributed by atoms with E-state index >= 15 is 0 Å². The number of rotatable bonds is 8. The van der Waals surface area contributed by atoms with Gasteiger partial charge in [0, 0.05) is 37.0 Å². The summed E-state index contributed by atoms with van der Waals surface area (Å²) in [6, 6.07) is 13.2. The van der Waals surface area contributed by atoms with Gasteiger partial charge in [0.15, 0.2) is 11.0 Å². The summed E-state index contributed by atoms with van der Waals surface area (Å²) in [7, 11) is 1.93. The lowest BCUT2D eigenvalue weighted by Gasteiger charge is -2.21. The average molecular weight is 453 g/mol. The predicted octanol–water partition coefficient (Wildman–Crippen LogP) is 5.12. The van der Waals surface area contributed by atoms with Crippen LogP contribution < -0.4 is 4.90 Å². The van der Waals surface area contributed by atoms with E-state index in [-0.39, 0.29) is 5.82 Å². The molecule has 0 fully saturated rings. The van der Waals surface area contributed by atoms with Crippen LogP contribution in [0.3, 0.4) is 0 Å². The van der Waals surface area contributed by atoms with Crippen molar-refractivity contribution in [3.63, 3.8) is 0 Å². The normalized spacial score (nSPS) is 11.2. The molecule has 0 saturated heterocycles. The van der Waals surface area contributed by atoms with Gasteiger partial charge in [-0.2, -0.15) is 4.98 Å². The van der Waals surface area contributed by atoms with E-state index in [0.717, 1.165) is 29.6 Å². The Morgan fingerprint density at radius 1 is 1.03 bits per heavy atom. The van der Waals surface area contributed by atoms with Crippen molar-refractivity contribution in [1.29, 1.82) is 0 Å². The Labute approximate surface area is 190 Å². The summed E-state index contributed by atoms with van der Waals surface area (Å²) in [5, 5.41) is 13.4. The maximum absolute atomic E-state index is 13.8. The molecule has 0 amide bonds. The van der Waals surface area contributed by atoms with Crippen LogP contribution in [0.25, 0.3) is 22.8 Å². The Balaban J connectivity index is 1.44. The minimum absolute atomic E-state index is 0.292. The van der Waals surface area contributed by atoms with Gasteiger partial charge in [0.25, 0.3) is 0 Å². The van der Waals surface area contributed by atoms with Gasteiger partial charge in [-0.3, -0.25) is 0 Å². The van der Waals surface area contributed by atoms with Gasteiger partial charge in [0.05, 0.1) is 5.75 Å². The van der Waals surface area contributed by atoms with Crippen molar-refractivity contribution in [2.24, 2.45) is 7.05 Å². The van der Waals surface area contributed by atoms with Crippen molar-refractivity contribution in [2.45, 2.75) is 31.7 Å². The number of hydrogen-bond donors (Lipinski definition) is 0. The minimum atomic E-state index is -0.292. The van der Waals surface area contributed by atoms with Gasteiger partial charge in [-0.1, -0.05) is 29.1 Å². The molecule has 4 aromatic rings. The molecule has 0 saturated carbocycles. The summed E-state index contributed by atoms with van der Waals surface area (Å²) in [4.78, 5) is 6.67. The predicted molar refractivity (Wildman–Crippen MR) is 124 cm³/mol. The molecule has 0 aliphatic rings. The third kappa shape index (κ3) is 4.52. The molecule has 2 aromatic carbocycles. The first-order valence-corrected chi connectivity index (χ1v) is 11.4. The Kier molecular flexibility index (Phi) is 6.55. The molecule has 0 unspecified atom stereocenters. The Morgan fingerprint density at radius 2 is 1.75 bits per heavy atom. The number of anilines is 1. The molecule has 9 heteroatoms. The van der Waals surface area contributed by atoms with Gasteiger partial charge in [-0.25, -0.2) is 4.39 Å². The van der Waals surface area contributed by atoms with Gasteiger partial charge in [0.1, 0.15) is 5.82 Å². The monoisotopic (exact) mass is 452 g/mol. The second-order valence-corrected chi connectivity index (χ2v) is 8.29. The van der Waals surface area contributed by atoms with E-state index in [9.17, 15) is 4.39 Å². The van der Waals surface area contributed by atoms with Gasteiger partial charge < -0.3 is 14.0 Å². The minimum Gasteiger partial charge on any atom is -0.372 e. The van der Waals surface area contributed by atoms with Gasteiger partial charge >= 0.3 is 0 Å². The van der Waals surface area contributed by atoms with Gasteiger partial charge in [0.2, 0.25) is 11.7 Å². The summed E-state index contributed by atoms with van der Waals surface area (Å²) in [5.41, 5.74) is 3.36. The highest BCUT2D eigenvalue weighted by Gasteiger charge is 2.15. The zero-order chi connectivity index (χ0) is 22.7. The zero-order valence-corrected chi connectivity index (χ0v) is 19.4. The van der Waals surface area contributed by atoms with E-state index in [1.165, 1.54) is 23.5 Å². The van der Waals surface area contributed by atoms with Crippen molar-refractivity contribution in [3.05, 3.63) is 59.7 Å². The first-order valence-electron chi connectivity index (χ1n) is 10.5. The second-order valence-electron chi connectivity index (χ2n) is 7.35. The molecule has 0 atom stereocenters. The van der Waals surface area contributed by atoms with Crippen LogP contribution >= 0.6 is 11.8 Å². The molecule has 0 N–H and O–H groups in total. The highest BCUT2D eigenvalue weighted by atomic mass is 32.2. The van der Waals surface area contributed by atoms with E-state index in [0.29, 0.717) is 28.6 Å². The zero-order valence-electron chi connectivity index (χ0n) is 18.5. The van der Waals surface area contributed by atoms with Crippen molar-refractivity contribution in [1.82, 2.24) is 24.9 Å². The smallest absolute Gasteiger partial charge is 0.237 e. The van der Waals surface area contributed by atoms with E-state index in [4.69, 9.17) is 4.52 Å². The molecule has 0 bridgehead atoms. The quantitative estimate of drug-likeness (QED) is 0.344. The molecular weight excluding hydrogens is 427 g/mol. The van der Waals surface area contributed by atoms with E-state index in [1.807, 2.05) is 11.6 Å². The molecule has 2 heterocycles. The topological polar surface area (TPSA) is 72.9 Å². The molecule has 2 aromatic heterocycles. The Hall–Kier alpha value is -3.20. The molecular formula is C23H25FN6OS. The molecule has 4 rings (SSSR count). The van der Waals surface area contributed by atoms with Crippen molar-refractivity contribution in [2.75, 3.05) is 18.0 Å². The molecule has 32 heavy (non-hydrogen) atoms. The van der Waals surface area contributed by atoms with Crippen LogP contribution in [0.5, 0.6) is 0 Å². The highest BCUT2D eigenvalue weighted by Crippen LogP contribution is 2.27. The second kappa shape index (κ2) is 9.52. The molecule has 0 radical (unpaired) electrons. The fourth-order valence-corrected chi connectivity index (χ4v) is 4.14. The Morgan fingerprint density at radius 3 is 2.44 bits per heavy atom. The van der Waals surface area contributed by atoms with E-state index < -0.39 is 0 Å². The number of aromatic nitrogens is 5. The third-order valence-electron chi connectivity index (χ3n) is 5.31. The lowest BCUT2D eigenvalue weighted by molar-refractivity contribution is 0.391. The number of aryl methyl sites for hydroxylation is 1. The number of halogens is 1. The maximum Gasteiger partial charge on any atom is 0.237 e. The SMILES string of the molecule is CCN(CC)c1ccc(-c2nnc(SCc3nc(-c4ccc(C)c(F)c4)no3)n2C)cc1. The fourth-order valence-electron chi connectivity index (χ4n) is 3.39. The fraction of sp³-hybridized carbons (Fsp3) is 0.304. The van der Waals surface area contributed by atoms with Gasteiger partial charge in [-0.15, -0.1) is 10.2 Å². The highest BCUT2D eigenvalue weighted by molar-refractivity contribution is 7.98. The first kappa shape index (κ1) is 22.0. The number of benzene rings is 2. The largest absolute Gasteiger partial charge is 0.372 e. The molecule has 7 nitrogen and oxygen atoms in total. The van der Waals surface area contributed by atoms with Crippen LogP contribution in [0.4, 0.5) is 10.1 Å². The number of hydrogen-bond acceptors (Lipinski definition) is 7. The summed E-state index contributed by atoms with van der Waals surface area (Å²) < 4.78 is 21.1. The van der Waals surface area contributed by atoms with E-state index in [1.54, 1.807) is 19.1 Å². The Bertz CT molecular complexity index is 1200. The number of nitrogens with zero attached hydrogens (tertiary/aromatic N) is 6. The first-order chi connectivity index (χ1) is 15.5. The molecule has 0 aliphatic carbocycles. The van der Waals surface area contributed by atoms with Crippen molar-refractivity contribution >= 4 is 17.4 Å². The standard InChI is InChI=1S/C23H25FN6OS/c1-5-30(6-2)18-11-9-16(10-12-18)22-26-27-23(29(22)4)32-14-20-25-21(28-31-20)17-8-7-15(3)19(24)13-17/h7-13H,5-6,14H2,1-4H3. The van der Waals surface area contributed by atoms with Crippen molar-refractivity contribution < 1.29 is 8.91 Å². The summed E-state index contributed by atoms with van der Waals surface area (Å²) in [6.45, 7) is 7.95. The van der Waals surface area contributed by atoms with Crippen LogP contribution in [0.2, 0.25) is 0 Å². The van der Waals surface area contributed by atoms with Crippen LogP contribution in [0, 0.1) is 12.7 Å².